The Balaban J connectivity index is 1.58. The molecule has 0 amide bonds. The zero-order valence-electron chi connectivity index (χ0n) is 10.2. The number of hydrogen-bond acceptors (Lipinski definition) is 2. The van der Waals surface area contributed by atoms with E-state index in [0.717, 1.165) is 6.61 Å². The number of piperazine rings is 3. The van der Waals surface area contributed by atoms with Crippen LogP contribution in [0.1, 0.15) is 25.7 Å². The van der Waals surface area contributed by atoms with Crippen LogP contribution < -0.4 is 0 Å². The average Bonchev–Trinajstić information content (AvgIpc) is 2.36. The van der Waals surface area contributed by atoms with Gasteiger partial charge < -0.3 is 7.55 Å². The van der Waals surface area contributed by atoms with Gasteiger partial charge in [0.25, 0.3) is 0 Å². The fraction of sp³-hybridized carbons (Fsp3) is 1.00. The van der Waals surface area contributed by atoms with Gasteiger partial charge in [-0.05, 0) is 19.3 Å². The second kappa shape index (κ2) is 6.52. The molecule has 3 rings (SSSR count). The monoisotopic (exact) mass is 339 g/mol. The van der Waals surface area contributed by atoms with Crippen molar-refractivity contribution in [3.63, 3.8) is 0 Å². The van der Waals surface area contributed by atoms with E-state index >= 15 is 0 Å². The van der Waals surface area contributed by atoms with Crippen LogP contribution in [0.2, 0.25) is 0 Å². The highest BCUT2D eigenvalue weighted by Gasteiger charge is 2.37. The third-order valence-corrected chi connectivity index (χ3v) is 4.72. The van der Waals surface area contributed by atoms with E-state index in [4.69, 9.17) is 3.07 Å². The molecule has 0 aromatic rings. The molecule has 0 unspecified atom stereocenters. The highest BCUT2D eigenvalue weighted by atomic mass is 127. The Morgan fingerprint density at radius 3 is 2.19 bits per heavy atom. The van der Waals surface area contributed by atoms with Gasteiger partial charge in [0.05, 0.1) is 32.8 Å². The standard InChI is InChI=1S/C12H24IN2O/c13-16-12-4-2-1-3-8-15-9-5-14(6-10-15)7-11-15/h1-12H2/q+1. The van der Waals surface area contributed by atoms with E-state index in [1.165, 1.54) is 76.0 Å². The molecule has 3 aliphatic heterocycles. The first-order valence-electron chi connectivity index (χ1n) is 6.66. The SMILES string of the molecule is IOCCCCCC[N+]12CCN(CC1)CC2. The van der Waals surface area contributed by atoms with Crippen molar-refractivity contribution in [3.8, 4) is 0 Å². The van der Waals surface area contributed by atoms with Gasteiger partial charge in [-0.2, -0.15) is 0 Å². The average molecular weight is 339 g/mol. The van der Waals surface area contributed by atoms with Gasteiger partial charge in [0.1, 0.15) is 23.0 Å². The minimum Gasteiger partial charge on any atom is -0.320 e. The summed E-state index contributed by atoms with van der Waals surface area (Å²) in [5, 5.41) is 0. The maximum absolute atomic E-state index is 5.05. The van der Waals surface area contributed by atoms with Crippen molar-refractivity contribution in [2.24, 2.45) is 0 Å². The van der Waals surface area contributed by atoms with Crippen LogP contribution in [0.15, 0.2) is 0 Å². The quantitative estimate of drug-likeness (QED) is 0.400. The first-order chi connectivity index (χ1) is 7.85. The lowest BCUT2D eigenvalue weighted by Gasteiger charge is -2.50. The van der Waals surface area contributed by atoms with E-state index in [9.17, 15) is 0 Å². The van der Waals surface area contributed by atoms with Gasteiger partial charge in [-0.25, -0.2) is 0 Å². The molecule has 0 N–H and O–H groups in total. The number of rotatable bonds is 7. The van der Waals surface area contributed by atoms with Crippen LogP contribution in [0.25, 0.3) is 0 Å². The first-order valence-corrected chi connectivity index (χ1v) is 7.54. The van der Waals surface area contributed by atoms with Crippen LogP contribution in [0.4, 0.5) is 0 Å². The zero-order chi connectivity index (χ0) is 11.3. The Kier molecular flexibility index (Phi) is 5.32. The van der Waals surface area contributed by atoms with E-state index in [1.807, 2.05) is 23.0 Å². The molecule has 0 spiro atoms. The second-order valence-electron chi connectivity index (χ2n) is 5.31. The molecule has 0 saturated carbocycles. The van der Waals surface area contributed by atoms with Crippen LogP contribution in [-0.4, -0.2) is 61.8 Å². The molecule has 3 heterocycles. The molecule has 0 atom stereocenters. The lowest BCUT2D eigenvalue weighted by Crippen LogP contribution is -2.67. The summed E-state index contributed by atoms with van der Waals surface area (Å²) >= 11 is 1.99. The van der Waals surface area contributed by atoms with Gasteiger partial charge in [-0.1, -0.05) is 6.42 Å². The third-order valence-electron chi connectivity index (χ3n) is 4.28. The molecule has 0 radical (unpaired) electrons. The Morgan fingerprint density at radius 2 is 1.56 bits per heavy atom. The highest BCUT2D eigenvalue weighted by Crippen LogP contribution is 2.20. The Bertz CT molecular complexity index is 191. The van der Waals surface area contributed by atoms with Gasteiger partial charge >= 0.3 is 0 Å². The van der Waals surface area contributed by atoms with Gasteiger partial charge in [-0.15, -0.1) is 0 Å². The number of nitrogens with zero attached hydrogens (tertiary/aromatic N) is 2. The van der Waals surface area contributed by atoms with Crippen molar-refractivity contribution in [3.05, 3.63) is 0 Å². The summed E-state index contributed by atoms with van der Waals surface area (Å²) in [6.07, 6.45) is 5.39. The Hall–Kier alpha value is 0.610. The Morgan fingerprint density at radius 1 is 0.938 bits per heavy atom. The number of unbranched alkanes of at least 4 members (excludes halogenated alkanes) is 3. The van der Waals surface area contributed by atoms with Gasteiger partial charge in [0.15, 0.2) is 0 Å². The largest absolute Gasteiger partial charge is 0.320 e. The molecular weight excluding hydrogens is 315 g/mol. The topological polar surface area (TPSA) is 12.5 Å². The number of fused-ring (bicyclic) bond motifs is 3. The lowest BCUT2D eigenvalue weighted by molar-refractivity contribution is -0.941. The van der Waals surface area contributed by atoms with Crippen molar-refractivity contribution in [1.29, 1.82) is 0 Å². The minimum absolute atomic E-state index is 0.926. The molecule has 0 aliphatic carbocycles. The molecule has 3 aliphatic rings. The molecule has 3 fully saturated rings. The van der Waals surface area contributed by atoms with Crippen molar-refractivity contribution in [2.45, 2.75) is 25.7 Å². The fourth-order valence-electron chi connectivity index (χ4n) is 3.02. The van der Waals surface area contributed by atoms with E-state index in [-0.39, 0.29) is 0 Å². The van der Waals surface area contributed by atoms with Crippen molar-refractivity contribution in [2.75, 3.05) is 52.4 Å². The normalized spacial score (nSPS) is 33.2. The molecule has 0 aromatic heterocycles. The van der Waals surface area contributed by atoms with Crippen LogP contribution in [-0.2, 0) is 3.07 Å². The summed E-state index contributed by atoms with van der Waals surface area (Å²) in [5.41, 5.74) is 0. The van der Waals surface area contributed by atoms with Crippen molar-refractivity contribution < 1.29 is 7.55 Å². The van der Waals surface area contributed by atoms with Crippen LogP contribution in [0, 0.1) is 0 Å². The van der Waals surface area contributed by atoms with Gasteiger partial charge in [-0.3, -0.25) is 4.90 Å². The zero-order valence-corrected chi connectivity index (χ0v) is 12.3. The predicted octanol–water partition coefficient (Wildman–Crippen LogP) is 2.06. The molecule has 0 aromatic carbocycles. The van der Waals surface area contributed by atoms with Crippen molar-refractivity contribution >= 4 is 23.0 Å². The number of quaternary nitrogens is 1. The van der Waals surface area contributed by atoms with Gasteiger partial charge in [0, 0.05) is 19.6 Å². The van der Waals surface area contributed by atoms with E-state index in [0.29, 0.717) is 0 Å². The van der Waals surface area contributed by atoms with Crippen LogP contribution in [0.5, 0.6) is 0 Å². The smallest absolute Gasteiger partial charge is 0.109 e. The molecule has 4 heteroatoms. The second-order valence-corrected chi connectivity index (χ2v) is 5.93. The summed E-state index contributed by atoms with van der Waals surface area (Å²) in [4.78, 5) is 2.62. The summed E-state index contributed by atoms with van der Waals surface area (Å²) < 4.78 is 6.48. The van der Waals surface area contributed by atoms with E-state index in [1.54, 1.807) is 0 Å². The summed E-state index contributed by atoms with van der Waals surface area (Å²) in [7, 11) is 0. The van der Waals surface area contributed by atoms with E-state index in [2.05, 4.69) is 4.90 Å². The minimum atomic E-state index is 0.926. The summed E-state index contributed by atoms with van der Waals surface area (Å²) in [6, 6.07) is 0. The molecular formula is C12H24IN2O+. The summed E-state index contributed by atoms with van der Waals surface area (Å²) in [6.45, 7) is 10.6. The summed E-state index contributed by atoms with van der Waals surface area (Å²) in [5.74, 6) is 0. The van der Waals surface area contributed by atoms with Crippen molar-refractivity contribution in [1.82, 2.24) is 4.90 Å². The predicted molar refractivity (Wildman–Crippen MR) is 74.6 cm³/mol. The number of hydrogen-bond donors (Lipinski definition) is 0. The highest BCUT2D eigenvalue weighted by molar-refractivity contribution is 14.1. The molecule has 94 valence electrons. The Labute approximate surface area is 113 Å². The van der Waals surface area contributed by atoms with Crippen LogP contribution in [0.3, 0.4) is 0 Å². The van der Waals surface area contributed by atoms with E-state index < -0.39 is 0 Å². The molecule has 3 saturated heterocycles. The maximum Gasteiger partial charge on any atom is 0.109 e. The van der Waals surface area contributed by atoms with Crippen LogP contribution >= 0.6 is 23.0 Å². The number of halogens is 1. The molecule has 3 nitrogen and oxygen atoms in total. The fourth-order valence-corrected chi connectivity index (χ4v) is 3.34. The lowest BCUT2D eigenvalue weighted by atomic mass is 10.1. The first kappa shape index (κ1) is 13.1. The maximum atomic E-state index is 5.05. The van der Waals surface area contributed by atoms with Gasteiger partial charge in [0.2, 0.25) is 0 Å². The molecule has 16 heavy (non-hydrogen) atoms. The molecule has 2 bridgehead atoms. The third kappa shape index (κ3) is 3.55.